The molecule has 0 bridgehead atoms. The highest BCUT2D eigenvalue weighted by Crippen LogP contribution is 2.04. The summed E-state index contributed by atoms with van der Waals surface area (Å²) < 4.78 is 0. The van der Waals surface area contributed by atoms with Gasteiger partial charge in [-0.1, -0.05) is 25.9 Å². The van der Waals surface area contributed by atoms with Crippen LogP contribution in [0.25, 0.3) is 0 Å². The predicted molar refractivity (Wildman–Crippen MR) is 64.3 cm³/mol. The van der Waals surface area contributed by atoms with Crippen LogP contribution in [0.3, 0.4) is 0 Å². The number of oxime groups is 1. The highest BCUT2D eigenvalue weighted by Gasteiger charge is 2.12. The third-order valence-corrected chi connectivity index (χ3v) is 2.39. The van der Waals surface area contributed by atoms with E-state index in [2.05, 4.69) is 24.3 Å². The van der Waals surface area contributed by atoms with E-state index in [9.17, 15) is 4.79 Å². The smallest absolute Gasteiger partial charge is 0.220 e. The van der Waals surface area contributed by atoms with Crippen LogP contribution >= 0.6 is 0 Å². The van der Waals surface area contributed by atoms with Crippen LogP contribution in [0.5, 0.6) is 0 Å². The van der Waals surface area contributed by atoms with Gasteiger partial charge in [0.05, 0.1) is 0 Å². The lowest BCUT2D eigenvalue weighted by atomic mass is 10.1. The van der Waals surface area contributed by atoms with Crippen molar-refractivity contribution in [3.63, 3.8) is 0 Å². The lowest BCUT2D eigenvalue weighted by molar-refractivity contribution is -0.122. The topological polar surface area (TPSA) is 87.7 Å². The van der Waals surface area contributed by atoms with Gasteiger partial charge in [0.1, 0.15) is 5.84 Å². The molecule has 0 aromatic carbocycles. The third-order valence-electron chi connectivity index (χ3n) is 2.39. The first-order valence-electron chi connectivity index (χ1n) is 5.75. The molecule has 0 radical (unpaired) electrons. The van der Waals surface area contributed by atoms with Crippen molar-refractivity contribution in [2.75, 3.05) is 0 Å². The number of amidine groups is 1. The van der Waals surface area contributed by atoms with Crippen molar-refractivity contribution in [3.05, 3.63) is 0 Å². The minimum Gasteiger partial charge on any atom is -0.409 e. The molecule has 1 amide bonds. The van der Waals surface area contributed by atoms with E-state index < -0.39 is 0 Å². The molecule has 4 N–H and O–H groups in total. The largest absolute Gasteiger partial charge is 0.409 e. The Morgan fingerprint density at radius 2 is 2.12 bits per heavy atom. The minimum atomic E-state index is -0.0458. The Hall–Kier alpha value is -1.26. The predicted octanol–water partition coefficient (Wildman–Crippen LogP) is 1.45. The van der Waals surface area contributed by atoms with Gasteiger partial charge in [-0.2, -0.15) is 0 Å². The zero-order valence-corrected chi connectivity index (χ0v) is 10.4. The monoisotopic (exact) mass is 229 g/mol. The number of hydrogen-bond donors (Lipinski definition) is 3. The molecule has 1 unspecified atom stereocenters. The number of hydrogen-bond acceptors (Lipinski definition) is 3. The molecule has 5 heteroatoms. The lowest BCUT2D eigenvalue weighted by Gasteiger charge is -2.16. The normalized spacial score (nSPS) is 13.9. The molecule has 0 saturated carbocycles. The van der Waals surface area contributed by atoms with E-state index in [1.807, 2.05) is 6.92 Å². The minimum absolute atomic E-state index is 0.0336. The van der Waals surface area contributed by atoms with Gasteiger partial charge in [0.2, 0.25) is 5.91 Å². The van der Waals surface area contributed by atoms with Crippen molar-refractivity contribution in [1.82, 2.24) is 5.32 Å². The van der Waals surface area contributed by atoms with E-state index in [1.54, 1.807) is 0 Å². The number of nitrogens with one attached hydrogen (secondary N) is 1. The fourth-order valence-electron chi connectivity index (χ4n) is 1.31. The average Bonchev–Trinajstić information content (AvgIpc) is 2.25. The van der Waals surface area contributed by atoms with Crippen LogP contribution in [0, 0.1) is 5.92 Å². The highest BCUT2D eigenvalue weighted by molar-refractivity contribution is 5.81. The molecule has 0 aliphatic heterocycles. The molecule has 0 aliphatic rings. The summed E-state index contributed by atoms with van der Waals surface area (Å²) in [5.41, 5.74) is 5.40. The van der Waals surface area contributed by atoms with Crippen LogP contribution in [0.15, 0.2) is 5.16 Å². The summed E-state index contributed by atoms with van der Waals surface area (Å²) in [7, 11) is 0. The molecule has 0 fully saturated rings. The summed E-state index contributed by atoms with van der Waals surface area (Å²) in [6.45, 7) is 6.13. The number of nitrogens with two attached hydrogens (primary N) is 1. The van der Waals surface area contributed by atoms with Crippen LogP contribution in [-0.4, -0.2) is 23.0 Å². The summed E-state index contributed by atoms with van der Waals surface area (Å²) in [5, 5.41) is 14.2. The van der Waals surface area contributed by atoms with Crippen LogP contribution in [0.2, 0.25) is 0 Å². The van der Waals surface area contributed by atoms with Gasteiger partial charge in [-0.05, 0) is 18.8 Å². The summed E-state index contributed by atoms with van der Waals surface area (Å²) in [5.74, 6) is 0.706. The van der Waals surface area contributed by atoms with E-state index in [1.165, 1.54) is 0 Å². The summed E-state index contributed by atoms with van der Waals surface area (Å²) >= 11 is 0. The molecule has 0 aromatic heterocycles. The molecule has 16 heavy (non-hydrogen) atoms. The fraction of sp³-hybridized carbons (Fsp3) is 0.818. The molecule has 0 aliphatic carbocycles. The Bertz CT molecular complexity index is 239. The van der Waals surface area contributed by atoms with Gasteiger partial charge >= 0.3 is 0 Å². The third kappa shape index (κ3) is 7.09. The molecule has 0 heterocycles. The van der Waals surface area contributed by atoms with E-state index in [0.29, 0.717) is 18.8 Å². The van der Waals surface area contributed by atoms with Gasteiger partial charge in [-0.15, -0.1) is 0 Å². The molecule has 0 aromatic rings. The molecule has 0 spiro atoms. The number of rotatable bonds is 7. The summed E-state index contributed by atoms with van der Waals surface area (Å²) in [6.07, 6.45) is 2.57. The molecule has 94 valence electrons. The maximum Gasteiger partial charge on any atom is 0.220 e. The molecule has 0 rings (SSSR count). The molecular weight excluding hydrogens is 206 g/mol. The van der Waals surface area contributed by atoms with E-state index >= 15 is 0 Å². The fourth-order valence-corrected chi connectivity index (χ4v) is 1.31. The number of carbonyl (C=O) groups excluding carboxylic acids is 1. The van der Waals surface area contributed by atoms with Crippen molar-refractivity contribution < 1.29 is 10.0 Å². The van der Waals surface area contributed by atoms with Gasteiger partial charge in [0.25, 0.3) is 0 Å². The highest BCUT2D eigenvalue weighted by atomic mass is 16.4. The number of amides is 1. The Kier molecular flexibility index (Phi) is 7.33. The zero-order valence-electron chi connectivity index (χ0n) is 10.4. The zero-order chi connectivity index (χ0) is 12.6. The Morgan fingerprint density at radius 3 is 2.56 bits per heavy atom. The van der Waals surface area contributed by atoms with Gasteiger partial charge in [-0.3, -0.25) is 4.79 Å². The number of carbonyl (C=O) groups is 1. The summed E-state index contributed by atoms with van der Waals surface area (Å²) in [6, 6.07) is -0.0458. The van der Waals surface area contributed by atoms with Gasteiger partial charge < -0.3 is 16.3 Å². The van der Waals surface area contributed by atoms with Gasteiger partial charge in [-0.25, -0.2) is 0 Å². The molecule has 1 atom stereocenters. The van der Waals surface area contributed by atoms with Crippen molar-refractivity contribution in [3.8, 4) is 0 Å². The second-order valence-corrected chi connectivity index (χ2v) is 4.40. The van der Waals surface area contributed by atoms with Crippen LogP contribution in [0.4, 0.5) is 0 Å². The first-order chi connectivity index (χ1) is 7.49. The second-order valence-electron chi connectivity index (χ2n) is 4.40. The molecular formula is C11H23N3O2. The Balaban J connectivity index is 3.97. The first-order valence-corrected chi connectivity index (χ1v) is 5.75. The van der Waals surface area contributed by atoms with Crippen molar-refractivity contribution >= 4 is 11.7 Å². The van der Waals surface area contributed by atoms with Crippen LogP contribution in [-0.2, 0) is 4.79 Å². The molecule has 0 saturated heterocycles. The van der Waals surface area contributed by atoms with Crippen molar-refractivity contribution in [1.29, 1.82) is 0 Å². The van der Waals surface area contributed by atoms with Gasteiger partial charge in [0, 0.05) is 18.9 Å². The Morgan fingerprint density at radius 1 is 1.50 bits per heavy atom. The average molecular weight is 229 g/mol. The first kappa shape index (κ1) is 14.7. The van der Waals surface area contributed by atoms with Crippen LogP contribution < -0.4 is 11.1 Å². The van der Waals surface area contributed by atoms with Gasteiger partial charge in [0.15, 0.2) is 0 Å². The Labute approximate surface area is 97.1 Å². The van der Waals surface area contributed by atoms with E-state index in [-0.39, 0.29) is 17.8 Å². The second kappa shape index (κ2) is 7.96. The number of nitrogens with zero attached hydrogens (tertiary/aromatic N) is 1. The lowest BCUT2D eigenvalue weighted by Crippen LogP contribution is -2.37. The van der Waals surface area contributed by atoms with E-state index in [0.717, 1.165) is 12.8 Å². The maximum atomic E-state index is 11.5. The van der Waals surface area contributed by atoms with Crippen molar-refractivity contribution in [2.45, 2.75) is 52.5 Å². The maximum absolute atomic E-state index is 11.5. The van der Waals surface area contributed by atoms with E-state index in [4.69, 9.17) is 10.9 Å². The SMILES string of the molecule is CCC(CC(N)=NO)NC(=O)CCC(C)C. The quantitative estimate of drug-likeness (QED) is 0.267. The summed E-state index contributed by atoms with van der Waals surface area (Å²) in [4.78, 5) is 11.5. The van der Waals surface area contributed by atoms with Crippen LogP contribution in [0.1, 0.15) is 46.5 Å². The standard InChI is InChI=1S/C11H23N3O2/c1-4-9(7-10(12)14-16)13-11(15)6-5-8(2)3/h8-9,16H,4-7H2,1-3H3,(H2,12,14)(H,13,15). The van der Waals surface area contributed by atoms with Crippen molar-refractivity contribution in [2.24, 2.45) is 16.8 Å². The molecule has 5 nitrogen and oxygen atoms in total.